The van der Waals surface area contributed by atoms with Gasteiger partial charge in [-0.15, -0.1) is 0 Å². The number of nitrogens with zero attached hydrogens (tertiary/aromatic N) is 1. The van der Waals surface area contributed by atoms with Gasteiger partial charge in [-0.2, -0.15) is 13.2 Å². The number of carbonyl (C=O) groups excluding carboxylic acids is 1. The van der Waals surface area contributed by atoms with Gasteiger partial charge in [0, 0.05) is 6.54 Å². The topological polar surface area (TPSA) is 69.6 Å². The van der Waals surface area contributed by atoms with Crippen molar-refractivity contribution < 1.29 is 48.2 Å². The third-order valence-corrected chi connectivity index (χ3v) is 5.32. The van der Waals surface area contributed by atoms with Crippen LogP contribution in [0, 0.1) is 0 Å². The Morgan fingerprint density at radius 2 is 1.90 bits per heavy atom. The van der Waals surface area contributed by atoms with Crippen LogP contribution >= 0.6 is 0 Å². The molecule has 1 aliphatic heterocycles. The number of hydrogen-bond acceptors (Lipinski definition) is 3. The molecule has 0 radical (unpaired) electrons. The van der Waals surface area contributed by atoms with E-state index in [4.69, 9.17) is 5.11 Å². The molecule has 5 nitrogen and oxygen atoms in total. The van der Waals surface area contributed by atoms with Crippen molar-refractivity contribution in [3.05, 3.63) is 70.8 Å². The second-order valence-corrected chi connectivity index (χ2v) is 7.48. The van der Waals surface area contributed by atoms with Crippen molar-refractivity contribution in [1.29, 1.82) is 0 Å². The van der Waals surface area contributed by atoms with Crippen molar-refractivity contribution >= 4 is 11.9 Å². The van der Waals surface area contributed by atoms with Gasteiger partial charge in [-0.3, -0.25) is 9.69 Å². The fourth-order valence-electron chi connectivity index (χ4n) is 3.70. The van der Waals surface area contributed by atoms with E-state index < -0.39 is 23.8 Å². The van der Waals surface area contributed by atoms with E-state index in [0.717, 1.165) is 24.1 Å². The second kappa shape index (κ2) is 10.4. The molecule has 0 saturated carbocycles. The fraction of sp³-hybridized carbons (Fsp3) is 0.364. The summed E-state index contributed by atoms with van der Waals surface area (Å²) in [7, 11) is 0. The zero-order chi connectivity index (χ0) is 21.9. The van der Waals surface area contributed by atoms with Crippen LogP contribution in [-0.4, -0.2) is 34.5 Å². The Morgan fingerprint density at radius 1 is 1.23 bits per heavy atom. The van der Waals surface area contributed by atoms with Gasteiger partial charge in [-0.1, -0.05) is 30.3 Å². The zero-order valence-electron chi connectivity index (χ0n) is 18.4. The minimum Gasteiger partial charge on any atom is -1.00 e. The van der Waals surface area contributed by atoms with E-state index in [9.17, 15) is 22.8 Å². The van der Waals surface area contributed by atoms with Gasteiger partial charge in [0.25, 0.3) is 0 Å². The monoisotopic (exact) mass is 428 g/mol. The standard InChI is InChI=1S/C22H23F3N2O3.Li.H/c1-14(16-7-9-17(10-8-16)21(29)30)26-20(28)19-6-3-11-27(19)13-15-4-2-5-18(12-15)22(23,24)25;;/h2,4-5,7-10,12,14,19H,3,6,11,13H2,1H3,(H,26,28)(H,29,30);;/q;+1;-1/t14-,19+;;/m0../s1. The van der Waals surface area contributed by atoms with Crippen molar-refractivity contribution in [3.63, 3.8) is 0 Å². The van der Waals surface area contributed by atoms with Crippen LogP contribution < -0.4 is 24.2 Å². The molecule has 0 bridgehead atoms. The first-order valence-electron chi connectivity index (χ1n) is 9.69. The molecule has 2 N–H and O–H groups in total. The third-order valence-electron chi connectivity index (χ3n) is 5.32. The van der Waals surface area contributed by atoms with E-state index in [-0.39, 0.29) is 44.3 Å². The summed E-state index contributed by atoms with van der Waals surface area (Å²) >= 11 is 0. The van der Waals surface area contributed by atoms with Gasteiger partial charge in [0.1, 0.15) is 0 Å². The summed E-state index contributed by atoms with van der Waals surface area (Å²) in [5.74, 6) is -1.20. The fourth-order valence-corrected chi connectivity index (χ4v) is 3.70. The molecule has 1 amide bonds. The number of carboxylic acid groups (broad SMARTS) is 1. The molecule has 2 atom stereocenters. The number of nitrogens with one attached hydrogen (secondary N) is 1. The molecule has 1 heterocycles. The molecule has 0 aliphatic carbocycles. The van der Waals surface area contributed by atoms with Gasteiger partial charge in [-0.05, 0) is 55.6 Å². The average Bonchev–Trinajstić information content (AvgIpc) is 3.15. The molecule has 2 aromatic rings. The minimum absolute atomic E-state index is 0. The Bertz CT molecular complexity index is 925. The van der Waals surface area contributed by atoms with Gasteiger partial charge in [0.15, 0.2) is 0 Å². The normalized spacial score (nSPS) is 17.6. The molecule has 162 valence electrons. The van der Waals surface area contributed by atoms with Crippen molar-refractivity contribution in [2.75, 3.05) is 6.54 Å². The number of amides is 1. The van der Waals surface area contributed by atoms with E-state index in [2.05, 4.69) is 5.32 Å². The Kier molecular flexibility index (Phi) is 8.35. The smallest absolute Gasteiger partial charge is 1.00 e. The van der Waals surface area contributed by atoms with Crippen molar-refractivity contribution in [1.82, 2.24) is 10.2 Å². The van der Waals surface area contributed by atoms with E-state index in [1.807, 2.05) is 4.90 Å². The van der Waals surface area contributed by atoms with E-state index in [1.54, 1.807) is 25.1 Å². The third kappa shape index (κ3) is 6.36. The van der Waals surface area contributed by atoms with Gasteiger partial charge >= 0.3 is 31.0 Å². The maximum atomic E-state index is 12.9. The van der Waals surface area contributed by atoms with Gasteiger partial charge in [-0.25, -0.2) is 4.79 Å². The Balaban J connectivity index is 0.00000256. The SMILES string of the molecule is C[C@H](NC(=O)[C@H]1CCCN1Cc1cccc(C(F)(F)F)c1)c1ccc(C(=O)O)cc1.[H-].[Li+]. The average molecular weight is 428 g/mol. The number of halogens is 3. The first-order chi connectivity index (χ1) is 14.1. The van der Waals surface area contributed by atoms with Crippen molar-refractivity contribution in [2.45, 2.75) is 44.6 Å². The minimum atomic E-state index is -4.40. The Morgan fingerprint density at radius 3 is 2.52 bits per heavy atom. The first kappa shape index (κ1) is 25.0. The van der Waals surface area contributed by atoms with Crippen LogP contribution in [0.15, 0.2) is 48.5 Å². The van der Waals surface area contributed by atoms with E-state index >= 15 is 0 Å². The molecule has 0 unspecified atom stereocenters. The van der Waals surface area contributed by atoms with Crippen LogP contribution in [0.4, 0.5) is 13.2 Å². The van der Waals surface area contributed by atoms with E-state index in [0.29, 0.717) is 18.5 Å². The predicted octanol–water partition coefficient (Wildman–Crippen LogP) is 1.36. The largest absolute Gasteiger partial charge is 1.00 e. The van der Waals surface area contributed by atoms with Crippen LogP contribution in [0.1, 0.15) is 54.3 Å². The molecule has 1 aliphatic rings. The summed E-state index contributed by atoms with van der Waals surface area (Å²) in [6, 6.07) is 10.7. The number of carboxylic acids is 1. The van der Waals surface area contributed by atoms with Crippen LogP contribution in [0.3, 0.4) is 0 Å². The number of hydrogen-bond donors (Lipinski definition) is 2. The van der Waals surface area contributed by atoms with Crippen LogP contribution in [0.2, 0.25) is 0 Å². The Hall–Kier alpha value is -2.27. The summed E-state index contributed by atoms with van der Waals surface area (Å²) in [6.07, 6.45) is -2.97. The number of rotatable bonds is 6. The number of alkyl halides is 3. The summed E-state index contributed by atoms with van der Waals surface area (Å²) in [5, 5.41) is 11.9. The summed E-state index contributed by atoms with van der Waals surface area (Å²) in [6.45, 7) is 2.71. The maximum absolute atomic E-state index is 12.9. The molecule has 0 spiro atoms. The van der Waals surface area contributed by atoms with Crippen molar-refractivity contribution in [3.8, 4) is 0 Å². The molecular formula is C22H24F3LiN2O3. The van der Waals surface area contributed by atoms with Gasteiger partial charge in [0.05, 0.1) is 23.2 Å². The number of benzene rings is 2. The molecule has 3 rings (SSSR count). The summed E-state index contributed by atoms with van der Waals surface area (Å²) in [5.41, 5.74) is 0.761. The predicted molar refractivity (Wildman–Crippen MR) is 106 cm³/mol. The molecule has 1 saturated heterocycles. The van der Waals surface area contributed by atoms with Crippen molar-refractivity contribution in [2.24, 2.45) is 0 Å². The molecule has 31 heavy (non-hydrogen) atoms. The van der Waals surface area contributed by atoms with Gasteiger partial charge < -0.3 is 11.8 Å². The molecular weight excluding hydrogens is 404 g/mol. The van der Waals surface area contributed by atoms with E-state index in [1.165, 1.54) is 18.2 Å². The zero-order valence-corrected chi connectivity index (χ0v) is 17.4. The van der Waals surface area contributed by atoms with Crippen LogP contribution in [-0.2, 0) is 17.5 Å². The maximum Gasteiger partial charge on any atom is 1.00 e. The molecule has 2 aromatic carbocycles. The summed E-state index contributed by atoms with van der Waals surface area (Å²) < 4.78 is 38.8. The van der Waals surface area contributed by atoms with Crippen LogP contribution in [0.5, 0.6) is 0 Å². The second-order valence-electron chi connectivity index (χ2n) is 7.48. The quantitative estimate of drug-likeness (QED) is 0.682. The Labute approximate surface area is 192 Å². The van der Waals surface area contributed by atoms with Crippen LogP contribution in [0.25, 0.3) is 0 Å². The summed E-state index contributed by atoms with van der Waals surface area (Å²) in [4.78, 5) is 25.7. The number of likely N-dealkylation sites (tertiary alicyclic amines) is 1. The number of aromatic carboxylic acids is 1. The molecule has 1 fully saturated rings. The molecule has 9 heteroatoms. The molecule has 0 aromatic heterocycles. The number of carbonyl (C=O) groups is 2. The van der Waals surface area contributed by atoms with Gasteiger partial charge in [0.2, 0.25) is 5.91 Å². The first-order valence-corrected chi connectivity index (χ1v) is 9.69.